The van der Waals surface area contributed by atoms with E-state index in [4.69, 9.17) is 38.6 Å². The predicted octanol–water partition coefficient (Wildman–Crippen LogP) is 11.7. The van der Waals surface area contributed by atoms with E-state index in [1.54, 1.807) is 14.2 Å². The molecule has 2 spiro atoms. The van der Waals surface area contributed by atoms with E-state index in [2.05, 4.69) is 124 Å². The highest BCUT2D eigenvalue weighted by molar-refractivity contribution is 5.95. The van der Waals surface area contributed by atoms with Gasteiger partial charge in [-0.15, -0.1) is 0 Å². The Balaban J connectivity index is 0.000000192. The van der Waals surface area contributed by atoms with Crippen LogP contribution in [0, 0.1) is 21.7 Å². The van der Waals surface area contributed by atoms with Gasteiger partial charge in [-0.05, 0) is 139 Å². The molecule has 0 aliphatic carbocycles. The van der Waals surface area contributed by atoms with Crippen molar-refractivity contribution < 1.29 is 33.2 Å². The van der Waals surface area contributed by atoms with Crippen LogP contribution in [0.5, 0.6) is 11.5 Å². The fourth-order valence-corrected chi connectivity index (χ4v) is 12.5. The van der Waals surface area contributed by atoms with Crippen molar-refractivity contribution in [3.05, 3.63) is 165 Å². The van der Waals surface area contributed by atoms with Crippen molar-refractivity contribution >= 4 is 5.91 Å². The van der Waals surface area contributed by atoms with Crippen molar-refractivity contribution in [1.29, 1.82) is 0 Å². The summed E-state index contributed by atoms with van der Waals surface area (Å²) in [4.78, 5) is 19.0. The van der Waals surface area contributed by atoms with Crippen molar-refractivity contribution in [2.24, 2.45) is 21.7 Å². The van der Waals surface area contributed by atoms with Crippen LogP contribution in [-0.4, -0.2) is 102 Å². The van der Waals surface area contributed by atoms with Crippen LogP contribution in [0.4, 0.5) is 0 Å². The summed E-state index contributed by atoms with van der Waals surface area (Å²) in [5, 5.41) is 10.3. The highest BCUT2D eigenvalue weighted by Crippen LogP contribution is 2.43. The first-order chi connectivity index (χ1) is 38.2. The Labute approximate surface area is 470 Å². The van der Waals surface area contributed by atoms with Crippen molar-refractivity contribution in [2.75, 3.05) is 67.0 Å². The van der Waals surface area contributed by atoms with E-state index in [9.17, 15) is 4.79 Å². The van der Waals surface area contributed by atoms with Gasteiger partial charge in [-0.25, -0.2) is 0 Å². The van der Waals surface area contributed by atoms with Crippen LogP contribution >= 0.6 is 0 Å². The molecule has 2 saturated heterocycles. The number of ether oxygens (including phenoxy) is 6. The normalized spacial score (nSPS) is 17.4. The molecular weight excluding hydrogens is 989 g/mol. The Kier molecular flexibility index (Phi) is 19.2. The van der Waals surface area contributed by atoms with Crippen LogP contribution in [0.25, 0.3) is 0 Å². The second-order valence-corrected chi connectivity index (χ2v) is 24.5. The average molecular weight is 1080 g/mol. The maximum absolute atomic E-state index is 14.3. The maximum atomic E-state index is 14.3. The highest BCUT2D eigenvalue weighted by atomic mass is 16.5. The van der Waals surface area contributed by atoms with E-state index in [0.717, 1.165) is 145 Å². The van der Waals surface area contributed by atoms with Crippen LogP contribution in [0.3, 0.4) is 0 Å². The van der Waals surface area contributed by atoms with Gasteiger partial charge >= 0.3 is 0 Å². The number of nitrogens with zero attached hydrogens (tertiary/aromatic N) is 6. The van der Waals surface area contributed by atoms with Gasteiger partial charge in [0.15, 0.2) is 0 Å². The molecule has 2 fully saturated rings. The van der Waals surface area contributed by atoms with Crippen molar-refractivity contribution in [2.45, 2.75) is 139 Å². The number of carbonyl (C=O) groups excluding carboxylic acids is 1. The quantitative estimate of drug-likeness (QED) is 0.0732. The molecule has 0 bridgehead atoms. The predicted molar refractivity (Wildman–Crippen MR) is 310 cm³/mol. The molecule has 4 aliphatic heterocycles. The van der Waals surface area contributed by atoms with Crippen molar-refractivity contribution in [3.63, 3.8) is 0 Å². The van der Waals surface area contributed by atoms with Gasteiger partial charge in [0, 0.05) is 77.8 Å². The smallest absolute Gasteiger partial charge is 0.272 e. The topological polar surface area (TPSA) is 115 Å². The van der Waals surface area contributed by atoms with Gasteiger partial charge in [0.05, 0.1) is 57.7 Å². The monoisotopic (exact) mass is 1080 g/mol. The van der Waals surface area contributed by atoms with Gasteiger partial charge in [0.2, 0.25) is 0 Å². The van der Waals surface area contributed by atoms with Crippen LogP contribution in [-0.2, 0) is 90.6 Å². The first-order valence-electron chi connectivity index (χ1n) is 29.0. The van der Waals surface area contributed by atoms with Gasteiger partial charge in [0.1, 0.15) is 17.2 Å². The molecule has 10 rings (SSSR count). The number of amides is 1. The molecular formula is C66H88N6O7. The van der Waals surface area contributed by atoms with Crippen LogP contribution < -0.4 is 9.47 Å². The van der Waals surface area contributed by atoms with Gasteiger partial charge in [0.25, 0.3) is 5.91 Å². The largest absolute Gasteiger partial charge is 0.497 e. The zero-order chi connectivity index (χ0) is 55.5. The first-order valence-corrected chi connectivity index (χ1v) is 29.0. The fraction of sp³-hybridized carbons (Fsp3) is 0.530. The van der Waals surface area contributed by atoms with Gasteiger partial charge in [-0.3, -0.25) is 19.1 Å². The minimum Gasteiger partial charge on any atom is -0.497 e. The summed E-state index contributed by atoms with van der Waals surface area (Å²) >= 11 is 0. The molecule has 0 radical (unpaired) electrons. The number of aryl methyl sites for hydroxylation is 2. The maximum Gasteiger partial charge on any atom is 0.272 e. The highest BCUT2D eigenvalue weighted by Gasteiger charge is 2.44. The van der Waals surface area contributed by atoms with E-state index >= 15 is 0 Å². The van der Waals surface area contributed by atoms with Gasteiger partial charge < -0.3 is 33.3 Å². The molecule has 0 unspecified atom stereocenters. The minimum absolute atomic E-state index is 0.00655. The van der Waals surface area contributed by atoms with Crippen LogP contribution in [0.1, 0.15) is 128 Å². The Morgan fingerprint density at radius 1 is 0.557 bits per heavy atom. The molecule has 1 amide bonds. The van der Waals surface area contributed by atoms with Crippen molar-refractivity contribution in [3.8, 4) is 11.5 Å². The molecule has 0 saturated carbocycles. The first kappa shape index (κ1) is 57.8. The Morgan fingerprint density at radius 3 is 1.51 bits per heavy atom. The third-order valence-corrected chi connectivity index (χ3v) is 16.7. The lowest BCUT2D eigenvalue weighted by Crippen LogP contribution is -2.43. The SMILES string of the molecule is CCn1nc(CC(C)(C)COCc2ccccc2)c2c1C(=O)N(Cc1ccc(OC)cc1)CC1(CCOCC1)C2.CCn1nc(CC(C)(C)COCc2ccccc2)c2c1CN(Cc1ccc(OC)cc1)CC1(CCOCC1)C2. The number of fused-ring (bicyclic) bond motifs is 2. The number of methoxy groups -OCH3 is 2. The molecule has 4 aliphatic rings. The second-order valence-electron chi connectivity index (χ2n) is 24.5. The fourth-order valence-electron chi connectivity index (χ4n) is 12.5. The number of hydrogen-bond donors (Lipinski definition) is 0. The molecule has 13 nitrogen and oxygen atoms in total. The molecule has 13 heteroatoms. The van der Waals surface area contributed by atoms with Crippen LogP contribution in [0.2, 0.25) is 0 Å². The van der Waals surface area contributed by atoms with Gasteiger partial charge in [-0.2, -0.15) is 10.2 Å². The number of aromatic nitrogens is 4. The van der Waals surface area contributed by atoms with E-state index in [1.165, 1.54) is 33.6 Å². The zero-order valence-corrected chi connectivity index (χ0v) is 48.7. The summed E-state index contributed by atoms with van der Waals surface area (Å²) in [5.74, 6) is 1.80. The lowest BCUT2D eigenvalue weighted by atomic mass is 9.74. The Hall–Kier alpha value is -5.83. The second kappa shape index (κ2) is 26.2. The lowest BCUT2D eigenvalue weighted by Gasteiger charge is -2.39. The van der Waals surface area contributed by atoms with E-state index in [-0.39, 0.29) is 27.6 Å². The number of rotatable bonds is 20. The number of carbonyl (C=O) groups is 1. The molecule has 2 aromatic heterocycles. The van der Waals surface area contributed by atoms with E-state index < -0.39 is 0 Å². The number of benzene rings is 4. The van der Waals surface area contributed by atoms with Gasteiger partial charge in [-0.1, -0.05) is 113 Å². The average Bonchev–Trinajstić information content (AvgIpc) is 3.93. The minimum atomic E-state index is -0.129. The summed E-state index contributed by atoms with van der Waals surface area (Å²) in [5.41, 5.74) is 11.9. The summed E-state index contributed by atoms with van der Waals surface area (Å²) in [6, 6.07) is 37.3. The van der Waals surface area contributed by atoms with Crippen molar-refractivity contribution in [1.82, 2.24) is 29.4 Å². The summed E-state index contributed by atoms with van der Waals surface area (Å²) in [7, 11) is 3.39. The number of hydrogen-bond acceptors (Lipinski definition) is 10. The standard InChI is InChI=1S/C33H43N3O4.C33H45N3O3/c1-5-36-30-28(29(34-36)20-32(2,3)24-40-22-26-9-7-6-8-10-26)19-33(15-17-39-18-16-33)23-35(31(30)37)21-25-11-13-27(38-4)14-12-25;1-5-36-31-22-35(21-26-11-13-28(37-4)14-12-26)24-33(15-17-38-18-16-33)19-29(31)30(34-36)20-32(2,3)25-39-23-27-9-7-6-8-10-27/h6-14H,5,15-24H2,1-4H3;6-14H,5,15-25H2,1-4H3. The molecule has 0 N–H and O–H groups in total. The Bertz CT molecular complexity index is 2870. The third-order valence-electron chi connectivity index (χ3n) is 16.7. The zero-order valence-electron chi connectivity index (χ0n) is 48.7. The molecule has 424 valence electrons. The molecule has 79 heavy (non-hydrogen) atoms. The molecule has 4 aromatic carbocycles. The molecule has 6 heterocycles. The summed E-state index contributed by atoms with van der Waals surface area (Å²) in [6.45, 7) is 24.9. The molecule has 6 aromatic rings. The lowest BCUT2D eigenvalue weighted by molar-refractivity contribution is -0.00475. The Morgan fingerprint density at radius 2 is 1.01 bits per heavy atom. The molecule has 0 atom stereocenters. The van der Waals surface area contributed by atoms with E-state index in [0.29, 0.717) is 39.5 Å². The third kappa shape index (κ3) is 15.0. The summed E-state index contributed by atoms with van der Waals surface area (Å²) < 4.78 is 38.9. The summed E-state index contributed by atoms with van der Waals surface area (Å²) in [6.07, 6.45) is 7.71. The van der Waals surface area contributed by atoms with Crippen LogP contribution in [0.15, 0.2) is 109 Å². The van der Waals surface area contributed by atoms with E-state index in [1.807, 2.05) is 46.0 Å².